The lowest BCUT2D eigenvalue weighted by atomic mass is 9.87. The van der Waals surface area contributed by atoms with Crippen molar-refractivity contribution in [1.82, 2.24) is 9.47 Å². The van der Waals surface area contributed by atoms with Gasteiger partial charge in [-0.3, -0.25) is 4.79 Å². The molecule has 1 aliphatic heterocycles. The summed E-state index contributed by atoms with van der Waals surface area (Å²) >= 11 is 0. The van der Waals surface area contributed by atoms with Crippen molar-refractivity contribution in [3.63, 3.8) is 0 Å². The summed E-state index contributed by atoms with van der Waals surface area (Å²) in [7, 11) is 0. The van der Waals surface area contributed by atoms with Gasteiger partial charge < -0.3 is 14.6 Å². The molecule has 0 unspecified atom stereocenters. The standard InChI is InChI=1S/C28H28N2O2/c31-20-27(22-11-5-2-6-12-22)30-16-15-23(17-28(30)32)25-19-29(18-21-9-3-1-4-10-21)26-14-8-7-13-24(25)26/h1-14,19,23,27,31H,15-18,20H2/t23-,27+/m1/s1. The third-order valence-electron chi connectivity index (χ3n) is 6.65. The van der Waals surface area contributed by atoms with Gasteiger partial charge in [0.2, 0.25) is 5.91 Å². The van der Waals surface area contributed by atoms with Crippen LogP contribution in [0.4, 0.5) is 0 Å². The number of carbonyl (C=O) groups is 1. The van der Waals surface area contributed by atoms with Crippen LogP contribution in [-0.4, -0.2) is 33.6 Å². The Morgan fingerprint density at radius 2 is 1.59 bits per heavy atom. The first-order valence-electron chi connectivity index (χ1n) is 11.3. The van der Waals surface area contributed by atoms with E-state index in [1.165, 1.54) is 22.0 Å². The lowest BCUT2D eigenvalue weighted by Gasteiger charge is -2.37. The van der Waals surface area contributed by atoms with Gasteiger partial charge >= 0.3 is 0 Å². The minimum absolute atomic E-state index is 0.0587. The van der Waals surface area contributed by atoms with Crippen molar-refractivity contribution in [3.05, 3.63) is 108 Å². The summed E-state index contributed by atoms with van der Waals surface area (Å²) in [5.74, 6) is 0.305. The van der Waals surface area contributed by atoms with Gasteiger partial charge in [-0.2, -0.15) is 0 Å². The zero-order valence-electron chi connectivity index (χ0n) is 18.1. The second-order valence-corrected chi connectivity index (χ2v) is 8.60. The van der Waals surface area contributed by atoms with Crippen LogP contribution in [0.2, 0.25) is 0 Å². The molecule has 4 nitrogen and oxygen atoms in total. The molecular weight excluding hydrogens is 396 g/mol. The summed E-state index contributed by atoms with van der Waals surface area (Å²) in [5, 5.41) is 11.3. The van der Waals surface area contributed by atoms with Crippen LogP contribution in [0.25, 0.3) is 10.9 Å². The van der Waals surface area contributed by atoms with Gasteiger partial charge in [0.05, 0.1) is 12.6 Å². The summed E-state index contributed by atoms with van der Waals surface area (Å²) in [6.07, 6.45) is 3.61. The maximum absolute atomic E-state index is 13.2. The van der Waals surface area contributed by atoms with Crippen LogP contribution in [-0.2, 0) is 11.3 Å². The van der Waals surface area contributed by atoms with E-state index in [2.05, 4.69) is 59.3 Å². The quantitative estimate of drug-likeness (QED) is 0.466. The molecule has 0 aliphatic carbocycles. The average molecular weight is 425 g/mol. The summed E-state index contributed by atoms with van der Waals surface area (Å²) < 4.78 is 2.30. The zero-order valence-corrected chi connectivity index (χ0v) is 18.1. The molecule has 5 rings (SSSR count). The topological polar surface area (TPSA) is 45.5 Å². The van der Waals surface area contributed by atoms with Gasteiger partial charge in [0, 0.05) is 36.6 Å². The van der Waals surface area contributed by atoms with Crippen molar-refractivity contribution in [2.45, 2.75) is 31.3 Å². The van der Waals surface area contributed by atoms with Crippen molar-refractivity contribution >= 4 is 16.8 Å². The number of amides is 1. The maximum atomic E-state index is 13.2. The van der Waals surface area contributed by atoms with E-state index >= 15 is 0 Å². The number of hydrogen-bond acceptors (Lipinski definition) is 2. The molecule has 1 fully saturated rings. The van der Waals surface area contributed by atoms with E-state index in [1.54, 1.807) is 0 Å². The first kappa shape index (κ1) is 20.5. The largest absolute Gasteiger partial charge is 0.394 e. The van der Waals surface area contributed by atoms with Gasteiger partial charge in [-0.1, -0.05) is 78.9 Å². The Morgan fingerprint density at radius 3 is 2.31 bits per heavy atom. The molecule has 1 aliphatic rings. The van der Waals surface area contributed by atoms with E-state index in [1.807, 2.05) is 41.3 Å². The van der Waals surface area contributed by atoms with E-state index < -0.39 is 0 Å². The molecule has 0 saturated carbocycles. The van der Waals surface area contributed by atoms with Gasteiger partial charge in [0.15, 0.2) is 0 Å². The second kappa shape index (κ2) is 9.01. The maximum Gasteiger partial charge on any atom is 0.223 e. The first-order chi connectivity index (χ1) is 15.7. The van der Waals surface area contributed by atoms with Crippen LogP contribution in [0, 0.1) is 0 Å². The number of benzene rings is 3. The minimum atomic E-state index is -0.274. The Hall–Kier alpha value is -3.37. The number of likely N-dealkylation sites (tertiary alicyclic amines) is 1. The number of piperidine rings is 1. The fraction of sp³-hybridized carbons (Fsp3) is 0.250. The Balaban J connectivity index is 1.40. The summed E-state index contributed by atoms with van der Waals surface area (Å²) in [4.78, 5) is 15.0. The number of rotatable bonds is 6. The molecule has 162 valence electrons. The molecule has 32 heavy (non-hydrogen) atoms. The highest BCUT2D eigenvalue weighted by molar-refractivity contribution is 5.86. The summed E-state index contributed by atoms with van der Waals surface area (Å²) in [6, 6.07) is 28.5. The van der Waals surface area contributed by atoms with Gasteiger partial charge in [0.25, 0.3) is 0 Å². The fourth-order valence-electron chi connectivity index (χ4n) is 5.02. The lowest BCUT2D eigenvalue weighted by Crippen LogP contribution is -2.42. The minimum Gasteiger partial charge on any atom is -0.394 e. The number of aliphatic hydroxyl groups is 1. The predicted octanol–water partition coefficient (Wildman–Crippen LogP) is 5.13. The van der Waals surface area contributed by atoms with E-state index in [0.29, 0.717) is 13.0 Å². The van der Waals surface area contributed by atoms with Gasteiger partial charge in [-0.15, -0.1) is 0 Å². The second-order valence-electron chi connectivity index (χ2n) is 8.60. The normalized spacial score (nSPS) is 17.6. The molecule has 1 amide bonds. The Labute approximate surface area is 188 Å². The highest BCUT2D eigenvalue weighted by Gasteiger charge is 2.33. The summed E-state index contributed by atoms with van der Waals surface area (Å²) in [5.41, 5.74) is 4.71. The average Bonchev–Trinajstić information content (AvgIpc) is 3.20. The molecule has 2 heterocycles. The van der Waals surface area contributed by atoms with Crippen LogP contribution in [0.15, 0.2) is 91.1 Å². The molecule has 4 aromatic rings. The van der Waals surface area contributed by atoms with Crippen molar-refractivity contribution in [3.8, 4) is 0 Å². The van der Waals surface area contributed by atoms with Crippen molar-refractivity contribution in [2.75, 3.05) is 13.2 Å². The van der Waals surface area contributed by atoms with Crippen LogP contribution >= 0.6 is 0 Å². The number of hydrogen-bond donors (Lipinski definition) is 1. The Kier molecular flexibility index (Phi) is 5.78. The number of carbonyl (C=O) groups excluding carboxylic acids is 1. The van der Waals surface area contributed by atoms with Crippen molar-refractivity contribution in [1.29, 1.82) is 0 Å². The molecular formula is C28H28N2O2. The smallest absolute Gasteiger partial charge is 0.223 e. The Bertz CT molecular complexity index is 1200. The first-order valence-corrected chi connectivity index (χ1v) is 11.3. The van der Waals surface area contributed by atoms with Gasteiger partial charge in [0.1, 0.15) is 0 Å². The number of para-hydroxylation sites is 1. The van der Waals surface area contributed by atoms with E-state index in [0.717, 1.165) is 18.5 Å². The highest BCUT2D eigenvalue weighted by Crippen LogP contribution is 2.37. The van der Waals surface area contributed by atoms with Crippen LogP contribution < -0.4 is 0 Å². The lowest BCUT2D eigenvalue weighted by molar-refractivity contribution is -0.137. The highest BCUT2D eigenvalue weighted by atomic mass is 16.3. The van der Waals surface area contributed by atoms with Gasteiger partial charge in [-0.05, 0) is 35.1 Å². The molecule has 3 aromatic carbocycles. The molecule has 1 N–H and O–H groups in total. The van der Waals surface area contributed by atoms with E-state index in [-0.39, 0.29) is 24.5 Å². The van der Waals surface area contributed by atoms with Crippen molar-refractivity contribution < 1.29 is 9.90 Å². The number of aromatic nitrogens is 1. The van der Waals surface area contributed by atoms with Crippen LogP contribution in [0.5, 0.6) is 0 Å². The predicted molar refractivity (Wildman–Crippen MR) is 127 cm³/mol. The molecule has 1 saturated heterocycles. The Morgan fingerprint density at radius 1 is 0.906 bits per heavy atom. The SMILES string of the molecule is O=C1C[C@H](c2cn(Cc3ccccc3)c3ccccc23)CCN1[C@@H](CO)c1ccccc1. The molecule has 0 radical (unpaired) electrons. The molecule has 1 aromatic heterocycles. The fourth-order valence-corrected chi connectivity index (χ4v) is 5.02. The number of nitrogens with zero attached hydrogens (tertiary/aromatic N) is 2. The van der Waals surface area contributed by atoms with Crippen LogP contribution in [0.3, 0.4) is 0 Å². The monoisotopic (exact) mass is 424 g/mol. The zero-order chi connectivity index (χ0) is 21.9. The number of aliphatic hydroxyl groups excluding tert-OH is 1. The third kappa shape index (κ3) is 3.94. The molecule has 0 spiro atoms. The van der Waals surface area contributed by atoms with Gasteiger partial charge in [-0.25, -0.2) is 0 Å². The molecule has 0 bridgehead atoms. The molecule has 4 heteroatoms. The third-order valence-corrected chi connectivity index (χ3v) is 6.65. The number of fused-ring (bicyclic) bond motifs is 1. The van der Waals surface area contributed by atoms with Crippen LogP contribution in [0.1, 0.15) is 41.5 Å². The van der Waals surface area contributed by atoms with Crippen molar-refractivity contribution in [2.24, 2.45) is 0 Å². The van der Waals surface area contributed by atoms with E-state index in [9.17, 15) is 9.90 Å². The summed E-state index contributed by atoms with van der Waals surface area (Å²) in [6.45, 7) is 1.41. The van der Waals surface area contributed by atoms with E-state index in [4.69, 9.17) is 0 Å². The molecule has 2 atom stereocenters.